The molecule has 8 nitrogen and oxygen atoms in total. The van der Waals surface area contributed by atoms with E-state index in [2.05, 4.69) is 248 Å². The van der Waals surface area contributed by atoms with Crippen LogP contribution in [-0.2, 0) is 66.8 Å². The summed E-state index contributed by atoms with van der Waals surface area (Å²) in [5.74, 6) is 9.94. The third kappa shape index (κ3) is 23.4. The van der Waals surface area contributed by atoms with Gasteiger partial charge in [0.05, 0.1) is 18.0 Å². The van der Waals surface area contributed by atoms with Crippen molar-refractivity contribution >= 4 is 35.7 Å². The summed E-state index contributed by atoms with van der Waals surface area (Å²) < 4.78 is 19.2. The van der Waals surface area contributed by atoms with Gasteiger partial charge in [-0.05, 0) is 348 Å². The number of hydrogen-bond donors (Lipinski definition) is 1. The molecule has 2 aliphatic heterocycles. The third-order valence-corrected chi connectivity index (χ3v) is 33.3. The smallest absolute Gasteiger partial charge is 0.141 e. The van der Waals surface area contributed by atoms with Crippen LogP contribution in [0.3, 0.4) is 0 Å². The highest BCUT2D eigenvalue weighted by molar-refractivity contribution is 7.70. The minimum Gasteiger partial charge on any atom is -0.494 e. The predicted octanol–water partition coefficient (Wildman–Crippen LogP) is 28.1. The molecule has 8 aromatic carbocycles. The molecule has 0 spiro atoms. The number of piperidine rings is 1. The number of likely N-dealkylation sites (N-methyl/N-ethyl adjacent to an activating group) is 1. The number of nitrogens with zero attached hydrogens (tertiary/aromatic N) is 5. The number of aromatic nitrogens is 2. The van der Waals surface area contributed by atoms with Crippen molar-refractivity contribution in [3.8, 4) is 5.75 Å². The standard InChI is InChI=1S/C42H56.C40H54.C34H45N6O2P/c1-5-33-28-38(36-20-18-35(19-21-36)34-16-12-30(2)13-17-34)23-22-37(33)26-32-15-14-31(3)40(27-32)29-39-10-6-7-11-41(39)42(4)24-8-9-25-42;1-7-31-26-36(34-20-18-33(19-21-34)32-16-12-28(2)13-17-32)23-22-35(31)24-30-15-14-29(3)38(25-30)27-37-10-8-9-11-39(37)40(4,5)6;1-5-42-31-24-27(39-17-15-26(16-18-39)40-21-19-38(2)20-22-40)14-13-25(31)23-33-35-29-11-8-9-28(29)34(37-33)36-30-10-6-7-12-32(30)43(3,4)41/h6-7,10-11,14-15,22-23,27-28,30,34-36H,5,8-9,12-13,16-21,24-26,29H2,1-4H3;8-11,14-15,22-23,25-26,28,32-34H,7,12-13,16-21,24,27H2,1-6H3;6-10,12-14,24,26H,5,11,15-23H2,1-4H3,(H,35,36,37). The Hall–Kier alpha value is -7.87. The Morgan fingerprint density at radius 3 is 1.55 bits per heavy atom. The summed E-state index contributed by atoms with van der Waals surface area (Å²) in [7, 11) is -0.249. The highest BCUT2D eigenvalue weighted by Crippen LogP contribution is 2.49. The van der Waals surface area contributed by atoms with Gasteiger partial charge in [0.25, 0.3) is 0 Å². The summed E-state index contributed by atoms with van der Waals surface area (Å²) in [6, 6.07) is 63.0. The minimum absolute atomic E-state index is 0.160. The number of nitrogens with one attached hydrogen (secondary N) is 1. The van der Waals surface area contributed by atoms with Crippen LogP contribution in [0, 0.1) is 49.4 Å². The molecule has 6 aliphatic carbocycles. The van der Waals surface area contributed by atoms with Gasteiger partial charge in [0.15, 0.2) is 0 Å². The number of hydrogen-bond acceptors (Lipinski definition) is 8. The topological polar surface area (TPSA) is 73.8 Å². The number of fused-ring (bicyclic) bond motifs is 1. The summed E-state index contributed by atoms with van der Waals surface area (Å²) >= 11 is 0. The van der Waals surface area contributed by atoms with Gasteiger partial charge in [-0.25, -0.2) is 9.97 Å². The van der Waals surface area contributed by atoms with E-state index >= 15 is 0 Å². The second kappa shape index (κ2) is 42.1. The number of anilines is 3. The molecule has 2 saturated heterocycles. The van der Waals surface area contributed by atoms with Gasteiger partial charge < -0.3 is 24.4 Å². The summed E-state index contributed by atoms with van der Waals surface area (Å²) in [6.07, 6.45) is 43.1. The minimum atomic E-state index is -2.47. The first kappa shape index (κ1) is 91.9. The number of allylic oxidation sites excluding steroid dienone is 1. The molecule has 0 amide bonds. The second-order valence-electron chi connectivity index (χ2n) is 42.0. The maximum absolute atomic E-state index is 13.0. The molecule has 9 aromatic rings. The Labute approximate surface area is 756 Å². The largest absolute Gasteiger partial charge is 0.494 e. The summed E-state index contributed by atoms with van der Waals surface area (Å²) in [5.41, 5.74) is 29.8. The molecule has 7 fully saturated rings. The molecule has 3 heterocycles. The van der Waals surface area contributed by atoms with E-state index in [1.54, 1.807) is 41.1 Å². The van der Waals surface area contributed by atoms with Crippen LogP contribution in [0.4, 0.5) is 17.2 Å². The van der Waals surface area contributed by atoms with Gasteiger partial charge in [-0.15, -0.1) is 0 Å². The van der Waals surface area contributed by atoms with Crippen molar-refractivity contribution in [3.05, 3.63) is 282 Å². The fourth-order valence-corrected chi connectivity index (χ4v) is 24.9. The molecule has 0 unspecified atom stereocenters. The molecular weight excluding hydrogens is 1540 g/mol. The number of benzene rings is 8. The highest BCUT2D eigenvalue weighted by atomic mass is 31.2. The molecule has 9 heteroatoms. The second-order valence-corrected chi connectivity index (χ2v) is 45.2. The Morgan fingerprint density at radius 1 is 0.496 bits per heavy atom. The lowest BCUT2D eigenvalue weighted by Gasteiger charge is -2.42. The first-order chi connectivity index (χ1) is 60.4. The number of aryl methyl sites for hydroxylation is 4. The van der Waals surface area contributed by atoms with Gasteiger partial charge >= 0.3 is 0 Å². The van der Waals surface area contributed by atoms with E-state index in [-0.39, 0.29) is 5.41 Å². The molecule has 1 N–H and O–H groups in total. The zero-order chi connectivity index (χ0) is 87.4. The van der Waals surface area contributed by atoms with Crippen molar-refractivity contribution in [3.63, 3.8) is 0 Å². The lowest BCUT2D eigenvalue weighted by Crippen LogP contribution is -2.52. The van der Waals surface area contributed by atoms with Crippen LogP contribution >= 0.6 is 7.14 Å². The van der Waals surface area contributed by atoms with Gasteiger partial charge in [-0.3, -0.25) is 4.90 Å². The number of ether oxygens (including phenoxy) is 1. The quantitative estimate of drug-likeness (QED) is 0.0600. The van der Waals surface area contributed by atoms with Crippen LogP contribution in [0.1, 0.15) is 327 Å². The lowest BCUT2D eigenvalue weighted by atomic mass is 9.68. The van der Waals surface area contributed by atoms with E-state index in [0.717, 1.165) is 151 Å². The van der Waals surface area contributed by atoms with E-state index in [0.29, 0.717) is 24.5 Å². The summed E-state index contributed by atoms with van der Waals surface area (Å²) in [5, 5.41) is 4.34. The Bertz CT molecular complexity index is 5120. The Morgan fingerprint density at radius 2 is 1.01 bits per heavy atom. The van der Waals surface area contributed by atoms with E-state index in [1.165, 1.54) is 234 Å². The lowest BCUT2D eigenvalue weighted by molar-refractivity contribution is 0.0982. The van der Waals surface area contributed by atoms with Gasteiger partial charge in [-0.2, -0.15) is 0 Å². The molecule has 8 aliphatic rings. The number of rotatable bonds is 24. The van der Waals surface area contributed by atoms with Crippen molar-refractivity contribution < 1.29 is 9.30 Å². The third-order valence-electron chi connectivity index (χ3n) is 31.7. The van der Waals surface area contributed by atoms with Crippen LogP contribution in [0.2, 0.25) is 0 Å². The zero-order valence-electron chi connectivity index (χ0n) is 79.6. The molecule has 0 bridgehead atoms. The molecule has 17 rings (SSSR count). The molecule has 0 atom stereocenters. The molecule has 0 radical (unpaired) electrons. The molecular formula is C116H155N6O2P. The van der Waals surface area contributed by atoms with Crippen LogP contribution < -0.4 is 20.3 Å². The van der Waals surface area contributed by atoms with Gasteiger partial charge in [0.1, 0.15) is 24.5 Å². The van der Waals surface area contributed by atoms with E-state index in [1.807, 2.05) is 31.2 Å². The first-order valence-electron chi connectivity index (χ1n) is 49.9. The van der Waals surface area contributed by atoms with Crippen LogP contribution in [0.25, 0.3) is 6.08 Å². The Balaban J connectivity index is 0.000000145. The maximum atomic E-state index is 13.0. The van der Waals surface area contributed by atoms with Crippen LogP contribution in [0.15, 0.2) is 170 Å². The van der Waals surface area contributed by atoms with Crippen molar-refractivity contribution in [2.45, 2.75) is 297 Å². The predicted molar refractivity (Wildman–Crippen MR) is 533 cm³/mol. The highest BCUT2D eigenvalue weighted by Gasteiger charge is 2.36. The average Bonchev–Trinajstić information content (AvgIpc) is 1.56. The van der Waals surface area contributed by atoms with Crippen molar-refractivity contribution in [1.82, 2.24) is 19.8 Å². The SMILES string of the molecule is CCOc1cc(N2CCC(N3CCN(C)CC3)CC2)ccc1Cc1nc2c(c(Nc3ccccc3P(C)(C)=O)n1)C=CC2.CCc1cc(C2CCC(C3CCC(C)CC3)CC2)ccc1Cc1ccc(C)c(Cc2ccccc2C(C)(C)C)c1.CCc1cc(C2CCC(C3CCC(C)CC3)CC2)ccc1Cc1ccc(C)c(Cc2ccccc2C2(C)CCCC2)c1. The van der Waals surface area contributed by atoms with E-state index < -0.39 is 7.14 Å². The van der Waals surface area contributed by atoms with Crippen molar-refractivity contribution in [1.29, 1.82) is 0 Å². The molecule has 125 heavy (non-hydrogen) atoms. The molecule has 1 aromatic heterocycles. The van der Waals surface area contributed by atoms with Crippen molar-refractivity contribution in [2.75, 3.05) is 76.5 Å². The van der Waals surface area contributed by atoms with Gasteiger partial charge in [0.2, 0.25) is 0 Å². The molecule has 5 saturated carbocycles. The Kier molecular flexibility index (Phi) is 31.0. The fourth-order valence-electron chi connectivity index (χ4n) is 23.7. The normalized spacial score (nSPS) is 22.6. The molecule has 666 valence electrons. The monoisotopic (exact) mass is 1700 g/mol. The summed E-state index contributed by atoms with van der Waals surface area (Å²) in [6.45, 7) is 36.8. The first-order valence-corrected chi connectivity index (χ1v) is 52.5. The van der Waals surface area contributed by atoms with Crippen LogP contribution in [0.5, 0.6) is 5.75 Å². The van der Waals surface area contributed by atoms with Gasteiger partial charge in [-0.1, -0.05) is 246 Å². The maximum Gasteiger partial charge on any atom is 0.141 e. The van der Waals surface area contributed by atoms with E-state index in [9.17, 15) is 4.57 Å². The number of para-hydroxylation sites is 1. The van der Waals surface area contributed by atoms with Crippen molar-refractivity contribution in [2.24, 2.45) is 35.5 Å². The zero-order valence-corrected chi connectivity index (χ0v) is 80.5. The number of piperazine rings is 1. The van der Waals surface area contributed by atoms with Crippen LogP contribution in [-0.4, -0.2) is 92.1 Å². The van der Waals surface area contributed by atoms with Gasteiger partial charge in [0, 0.05) is 86.3 Å². The summed E-state index contributed by atoms with van der Waals surface area (Å²) in [4.78, 5) is 17.6. The average molecular weight is 1700 g/mol. The van der Waals surface area contributed by atoms with E-state index in [4.69, 9.17) is 14.7 Å². The fraction of sp³-hybridized carbons (Fsp3) is 0.534.